The fraction of sp³-hybridized carbons (Fsp3) is 0.500. The van der Waals surface area contributed by atoms with Gasteiger partial charge in [0, 0.05) is 25.5 Å². The maximum absolute atomic E-state index is 5.48. The van der Waals surface area contributed by atoms with Gasteiger partial charge in [-0.25, -0.2) is 10.5 Å². The van der Waals surface area contributed by atoms with Gasteiger partial charge in [0.1, 0.15) is 0 Å². The Labute approximate surface area is 122 Å². The van der Waals surface area contributed by atoms with Crippen molar-refractivity contribution in [3.05, 3.63) is 18.5 Å². The number of nitrogens with one attached hydrogen (secondary N) is 2. The van der Waals surface area contributed by atoms with Crippen molar-refractivity contribution in [3.63, 3.8) is 0 Å². The van der Waals surface area contributed by atoms with Crippen LogP contribution in [0.4, 0.5) is 11.9 Å². The van der Waals surface area contributed by atoms with Crippen molar-refractivity contribution < 1.29 is 4.74 Å². The third-order valence-corrected chi connectivity index (χ3v) is 2.44. The molecule has 4 N–H and O–H groups in total. The molecule has 2 aromatic rings. The highest BCUT2D eigenvalue weighted by Gasteiger charge is 2.07. The topological polar surface area (TPSA) is 116 Å². The van der Waals surface area contributed by atoms with Crippen LogP contribution in [0.3, 0.4) is 0 Å². The molecule has 0 spiro atoms. The molecule has 0 aromatic carbocycles. The van der Waals surface area contributed by atoms with Gasteiger partial charge in [-0.05, 0) is 12.0 Å². The zero-order valence-electron chi connectivity index (χ0n) is 12.2. The molecule has 0 unspecified atom stereocenters. The van der Waals surface area contributed by atoms with E-state index in [4.69, 9.17) is 10.6 Å². The molecule has 9 nitrogen and oxygen atoms in total. The molecule has 2 aromatic heterocycles. The second-order valence-corrected chi connectivity index (χ2v) is 4.77. The van der Waals surface area contributed by atoms with Crippen molar-refractivity contribution in [1.82, 2.24) is 24.7 Å². The van der Waals surface area contributed by atoms with E-state index in [1.54, 1.807) is 18.5 Å². The van der Waals surface area contributed by atoms with Crippen LogP contribution in [0.25, 0.3) is 5.95 Å². The minimum absolute atomic E-state index is 0.265. The van der Waals surface area contributed by atoms with Gasteiger partial charge in [-0.1, -0.05) is 13.8 Å². The first-order chi connectivity index (χ1) is 10.2. The molecule has 0 aliphatic rings. The number of nitrogen functional groups attached to an aromatic ring is 1. The van der Waals surface area contributed by atoms with E-state index in [-0.39, 0.29) is 5.95 Å². The lowest BCUT2D eigenvalue weighted by Crippen LogP contribution is -2.18. The van der Waals surface area contributed by atoms with Gasteiger partial charge in [0.05, 0.1) is 6.61 Å². The lowest BCUT2D eigenvalue weighted by Gasteiger charge is -2.09. The van der Waals surface area contributed by atoms with Crippen LogP contribution in [0, 0.1) is 5.92 Å². The Morgan fingerprint density at radius 1 is 1.29 bits per heavy atom. The van der Waals surface area contributed by atoms with Crippen LogP contribution in [-0.2, 0) is 4.74 Å². The number of aromatic nitrogens is 5. The Kier molecular flexibility index (Phi) is 5.41. The van der Waals surface area contributed by atoms with Gasteiger partial charge >= 0.3 is 0 Å². The summed E-state index contributed by atoms with van der Waals surface area (Å²) in [5, 5.41) is 7.15. The van der Waals surface area contributed by atoms with E-state index < -0.39 is 0 Å². The molecule has 0 bridgehead atoms. The van der Waals surface area contributed by atoms with Crippen molar-refractivity contribution in [3.8, 4) is 5.95 Å². The Morgan fingerprint density at radius 3 is 2.76 bits per heavy atom. The number of ether oxygens (including phenoxy) is 1. The van der Waals surface area contributed by atoms with Crippen molar-refractivity contribution in [2.75, 3.05) is 30.5 Å². The van der Waals surface area contributed by atoms with Crippen molar-refractivity contribution in [2.24, 2.45) is 11.8 Å². The Morgan fingerprint density at radius 2 is 2.10 bits per heavy atom. The average Bonchev–Trinajstić information content (AvgIpc) is 3.00. The smallest absolute Gasteiger partial charge is 0.257 e. The first-order valence-electron chi connectivity index (χ1n) is 6.73. The molecule has 2 rings (SSSR count). The van der Waals surface area contributed by atoms with Gasteiger partial charge in [0.2, 0.25) is 11.9 Å². The Balaban J connectivity index is 1.97. The molecular weight excluding hydrogens is 272 g/mol. The number of hydrogen-bond acceptors (Lipinski definition) is 8. The highest BCUT2D eigenvalue weighted by Crippen LogP contribution is 2.07. The summed E-state index contributed by atoms with van der Waals surface area (Å²) in [7, 11) is 0. The number of anilines is 2. The molecule has 0 amide bonds. The van der Waals surface area contributed by atoms with E-state index in [1.165, 1.54) is 4.68 Å². The Hall–Kier alpha value is -2.26. The van der Waals surface area contributed by atoms with E-state index in [1.807, 2.05) is 0 Å². The molecule has 0 fully saturated rings. The predicted molar refractivity (Wildman–Crippen MR) is 78.9 cm³/mol. The van der Waals surface area contributed by atoms with E-state index in [0.717, 1.165) is 6.61 Å². The second kappa shape index (κ2) is 7.50. The van der Waals surface area contributed by atoms with Gasteiger partial charge < -0.3 is 10.1 Å². The van der Waals surface area contributed by atoms with Gasteiger partial charge in [-0.15, -0.1) is 0 Å². The number of nitrogens with zero attached hydrogens (tertiary/aromatic N) is 5. The molecule has 114 valence electrons. The summed E-state index contributed by atoms with van der Waals surface area (Å²) in [6, 6.07) is 1.78. The Bertz CT molecular complexity index is 542. The van der Waals surface area contributed by atoms with Crippen LogP contribution < -0.4 is 16.6 Å². The van der Waals surface area contributed by atoms with Crippen molar-refractivity contribution in [1.29, 1.82) is 0 Å². The van der Waals surface area contributed by atoms with Crippen LogP contribution in [0.15, 0.2) is 18.5 Å². The molecule has 9 heteroatoms. The zero-order valence-corrected chi connectivity index (χ0v) is 12.2. The largest absolute Gasteiger partial charge is 0.379 e. The summed E-state index contributed by atoms with van der Waals surface area (Å²) in [6.45, 7) is 6.11. The van der Waals surface area contributed by atoms with Crippen LogP contribution in [0.5, 0.6) is 0 Å². The SMILES string of the molecule is CC(C)COCCNc1nc(NN)nc(-n2cccn2)n1. The maximum Gasteiger partial charge on any atom is 0.257 e. The molecule has 0 saturated heterocycles. The predicted octanol–water partition coefficient (Wildman–Crippen LogP) is 0.427. The standard InChI is InChI=1S/C12H20N8O/c1-9(2)8-21-7-5-14-10-16-11(19-13)18-12(17-10)20-6-3-4-15-20/h3-4,6,9H,5,7-8,13H2,1-2H3,(H2,14,16,17,18,19). The summed E-state index contributed by atoms with van der Waals surface area (Å²) in [6.07, 6.45) is 3.39. The van der Waals surface area contributed by atoms with Crippen LogP contribution in [-0.4, -0.2) is 44.5 Å². The summed E-state index contributed by atoms with van der Waals surface area (Å²) in [4.78, 5) is 12.5. The van der Waals surface area contributed by atoms with E-state index >= 15 is 0 Å². The molecule has 21 heavy (non-hydrogen) atoms. The number of rotatable bonds is 8. The highest BCUT2D eigenvalue weighted by atomic mass is 16.5. The summed E-state index contributed by atoms with van der Waals surface area (Å²) >= 11 is 0. The zero-order chi connectivity index (χ0) is 15.1. The summed E-state index contributed by atoms with van der Waals surface area (Å²) in [5.74, 6) is 6.94. The number of hydrogen-bond donors (Lipinski definition) is 3. The number of nitrogens with two attached hydrogens (primary N) is 1. The van der Waals surface area contributed by atoms with E-state index in [2.05, 4.69) is 44.6 Å². The molecule has 2 heterocycles. The number of hydrazine groups is 1. The van der Waals surface area contributed by atoms with Crippen molar-refractivity contribution >= 4 is 11.9 Å². The monoisotopic (exact) mass is 292 g/mol. The first kappa shape index (κ1) is 15.1. The fourth-order valence-corrected chi connectivity index (χ4v) is 1.55. The third kappa shape index (κ3) is 4.65. The van der Waals surface area contributed by atoms with E-state index in [9.17, 15) is 0 Å². The molecule has 0 aliphatic carbocycles. The second-order valence-electron chi connectivity index (χ2n) is 4.77. The summed E-state index contributed by atoms with van der Waals surface area (Å²) in [5.41, 5.74) is 2.41. The van der Waals surface area contributed by atoms with Crippen LogP contribution in [0.2, 0.25) is 0 Å². The molecule has 0 saturated carbocycles. The maximum atomic E-state index is 5.48. The normalized spacial score (nSPS) is 10.9. The third-order valence-electron chi connectivity index (χ3n) is 2.44. The fourth-order valence-electron chi connectivity index (χ4n) is 1.55. The highest BCUT2D eigenvalue weighted by molar-refractivity contribution is 5.36. The lowest BCUT2D eigenvalue weighted by molar-refractivity contribution is 0.118. The van der Waals surface area contributed by atoms with Crippen molar-refractivity contribution in [2.45, 2.75) is 13.8 Å². The molecule has 0 radical (unpaired) electrons. The molecule has 0 aliphatic heterocycles. The summed E-state index contributed by atoms with van der Waals surface area (Å²) < 4.78 is 7.02. The van der Waals surface area contributed by atoms with Gasteiger partial charge in [-0.3, -0.25) is 5.43 Å². The molecular formula is C12H20N8O. The lowest BCUT2D eigenvalue weighted by atomic mass is 10.2. The van der Waals surface area contributed by atoms with E-state index in [0.29, 0.717) is 31.0 Å². The first-order valence-corrected chi connectivity index (χ1v) is 6.73. The van der Waals surface area contributed by atoms with Crippen LogP contribution >= 0.6 is 0 Å². The van der Waals surface area contributed by atoms with Crippen LogP contribution in [0.1, 0.15) is 13.8 Å². The molecule has 0 atom stereocenters. The average molecular weight is 292 g/mol. The van der Waals surface area contributed by atoms with Gasteiger partial charge in [-0.2, -0.15) is 20.1 Å². The van der Waals surface area contributed by atoms with Gasteiger partial charge in [0.25, 0.3) is 5.95 Å². The minimum atomic E-state index is 0.265. The quantitative estimate of drug-likeness (QED) is 0.364. The minimum Gasteiger partial charge on any atom is -0.379 e. The van der Waals surface area contributed by atoms with Gasteiger partial charge in [0.15, 0.2) is 0 Å².